The van der Waals surface area contributed by atoms with E-state index in [-0.39, 0.29) is 11.3 Å². The predicted molar refractivity (Wildman–Crippen MR) is 76.0 cm³/mol. The Labute approximate surface area is 121 Å². The van der Waals surface area contributed by atoms with Gasteiger partial charge in [-0.2, -0.15) is 0 Å². The summed E-state index contributed by atoms with van der Waals surface area (Å²) in [6.45, 7) is 4.02. The quantitative estimate of drug-likeness (QED) is 0.330. The summed E-state index contributed by atoms with van der Waals surface area (Å²) in [6.07, 6.45) is 0.732. The van der Waals surface area contributed by atoms with E-state index in [1.54, 1.807) is 0 Å². The molecular formula is C13H18FN3O4. The molecule has 0 spiro atoms. The summed E-state index contributed by atoms with van der Waals surface area (Å²) >= 11 is 0. The van der Waals surface area contributed by atoms with Gasteiger partial charge in [0.25, 0.3) is 5.69 Å². The van der Waals surface area contributed by atoms with Gasteiger partial charge in [0.1, 0.15) is 11.5 Å². The average molecular weight is 299 g/mol. The summed E-state index contributed by atoms with van der Waals surface area (Å²) in [4.78, 5) is 21.6. The molecule has 0 aliphatic carbocycles. The Morgan fingerprint density at radius 1 is 1.43 bits per heavy atom. The number of nitro benzene ring substituents is 1. The second-order valence-electron chi connectivity index (χ2n) is 4.23. The number of rotatable bonds is 8. The first kappa shape index (κ1) is 16.8. The van der Waals surface area contributed by atoms with Crippen molar-refractivity contribution in [1.82, 2.24) is 5.32 Å². The summed E-state index contributed by atoms with van der Waals surface area (Å²) in [7, 11) is 1.12. The van der Waals surface area contributed by atoms with Crippen LogP contribution >= 0.6 is 0 Å². The van der Waals surface area contributed by atoms with Crippen molar-refractivity contribution in [3.63, 3.8) is 0 Å². The van der Waals surface area contributed by atoms with Crippen LogP contribution in [0.15, 0.2) is 12.1 Å². The van der Waals surface area contributed by atoms with Crippen LogP contribution in [0.3, 0.4) is 0 Å². The number of esters is 1. The smallest absolute Gasteiger partial charge is 0.340 e. The summed E-state index contributed by atoms with van der Waals surface area (Å²) in [5, 5.41) is 16.9. The second-order valence-corrected chi connectivity index (χ2v) is 4.23. The van der Waals surface area contributed by atoms with Crippen LogP contribution < -0.4 is 10.6 Å². The van der Waals surface area contributed by atoms with Gasteiger partial charge in [0.15, 0.2) is 0 Å². The molecular weight excluding hydrogens is 281 g/mol. The molecule has 0 radical (unpaired) electrons. The fraction of sp³-hybridized carbons (Fsp3) is 0.462. The van der Waals surface area contributed by atoms with Crippen LogP contribution in [0.2, 0.25) is 0 Å². The van der Waals surface area contributed by atoms with Gasteiger partial charge in [-0.3, -0.25) is 10.1 Å². The Morgan fingerprint density at radius 3 is 2.71 bits per heavy atom. The summed E-state index contributed by atoms with van der Waals surface area (Å²) in [6, 6.07) is 1.82. The molecule has 1 aromatic carbocycles. The normalized spacial score (nSPS) is 10.2. The van der Waals surface area contributed by atoms with Gasteiger partial charge in [0.2, 0.25) is 0 Å². The van der Waals surface area contributed by atoms with E-state index in [1.165, 1.54) is 0 Å². The zero-order valence-electron chi connectivity index (χ0n) is 11.9. The van der Waals surface area contributed by atoms with Crippen LogP contribution in [-0.2, 0) is 4.74 Å². The highest BCUT2D eigenvalue weighted by Gasteiger charge is 2.22. The molecule has 0 heterocycles. The van der Waals surface area contributed by atoms with E-state index in [2.05, 4.69) is 15.4 Å². The molecule has 0 bridgehead atoms. The number of anilines is 1. The van der Waals surface area contributed by atoms with Crippen molar-refractivity contribution in [1.29, 1.82) is 0 Å². The van der Waals surface area contributed by atoms with E-state index < -0.39 is 22.4 Å². The lowest BCUT2D eigenvalue weighted by Crippen LogP contribution is -2.17. The first-order valence-electron chi connectivity index (χ1n) is 6.52. The number of halogens is 1. The minimum Gasteiger partial charge on any atom is -0.465 e. The van der Waals surface area contributed by atoms with Gasteiger partial charge in [-0.15, -0.1) is 0 Å². The number of methoxy groups -OCH3 is 1. The Bertz CT molecular complexity index is 522. The van der Waals surface area contributed by atoms with Crippen molar-refractivity contribution < 1.29 is 18.8 Å². The number of nitrogens with one attached hydrogen (secondary N) is 2. The number of benzene rings is 1. The topological polar surface area (TPSA) is 93.5 Å². The van der Waals surface area contributed by atoms with Crippen molar-refractivity contribution >= 4 is 17.3 Å². The fourth-order valence-electron chi connectivity index (χ4n) is 1.74. The molecule has 1 aromatic rings. The Hall–Kier alpha value is -2.22. The molecule has 0 aliphatic rings. The lowest BCUT2D eigenvalue weighted by molar-refractivity contribution is -0.384. The third-order valence-corrected chi connectivity index (χ3v) is 2.78. The zero-order valence-corrected chi connectivity index (χ0v) is 11.9. The third kappa shape index (κ3) is 4.67. The van der Waals surface area contributed by atoms with Gasteiger partial charge in [0.05, 0.1) is 23.7 Å². The molecule has 0 amide bonds. The van der Waals surface area contributed by atoms with Gasteiger partial charge < -0.3 is 15.4 Å². The summed E-state index contributed by atoms with van der Waals surface area (Å²) in [5.74, 6) is -1.86. The van der Waals surface area contributed by atoms with E-state index in [9.17, 15) is 19.3 Å². The van der Waals surface area contributed by atoms with Crippen LogP contribution in [0.1, 0.15) is 23.7 Å². The van der Waals surface area contributed by atoms with Crippen LogP contribution in [0.4, 0.5) is 15.8 Å². The molecule has 0 atom stereocenters. The highest BCUT2D eigenvalue weighted by atomic mass is 19.1. The SMILES string of the molecule is CCNCCCNc1cc(C(=O)OC)c(F)cc1[N+](=O)[O-]. The van der Waals surface area contributed by atoms with Crippen molar-refractivity contribution in [2.45, 2.75) is 13.3 Å². The molecule has 2 N–H and O–H groups in total. The number of carbonyl (C=O) groups excluding carboxylic acids is 1. The molecule has 0 aromatic heterocycles. The molecule has 0 saturated carbocycles. The van der Waals surface area contributed by atoms with Crippen molar-refractivity contribution in [2.75, 3.05) is 32.1 Å². The first-order chi connectivity index (χ1) is 10.0. The van der Waals surface area contributed by atoms with Crippen molar-refractivity contribution in [2.24, 2.45) is 0 Å². The van der Waals surface area contributed by atoms with Crippen molar-refractivity contribution in [3.8, 4) is 0 Å². The van der Waals surface area contributed by atoms with E-state index in [0.29, 0.717) is 6.54 Å². The molecule has 116 valence electrons. The number of carbonyl (C=O) groups is 1. The maximum Gasteiger partial charge on any atom is 0.340 e. The number of nitrogens with zero attached hydrogens (tertiary/aromatic N) is 1. The van der Waals surface area contributed by atoms with Gasteiger partial charge in [-0.1, -0.05) is 6.92 Å². The molecule has 8 heteroatoms. The van der Waals surface area contributed by atoms with Crippen LogP contribution in [0, 0.1) is 15.9 Å². The Balaban J connectivity index is 2.92. The number of hydrogen-bond donors (Lipinski definition) is 2. The highest BCUT2D eigenvalue weighted by molar-refractivity contribution is 5.91. The van der Waals surface area contributed by atoms with Crippen molar-refractivity contribution in [3.05, 3.63) is 33.6 Å². The molecule has 0 fully saturated rings. The minimum absolute atomic E-state index is 0.0956. The molecule has 7 nitrogen and oxygen atoms in total. The van der Waals surface area contributed by atoms with Crippen LogP contribution in [0.25, 0.3) is 0 Å². The first-order valence-corrected chi connectivity index (χ1v) is 6.52. The van der Waals surface area contributed by atoms with E-state index in [0.717, 1.165) is 38.8 Å². The highest BCUT2D eigenvalue weighted by Crippen LogP contribution is 2.28. The largest absolute Gasteiger partial charge is 0.465 e. The van der Waals surface area contributed by atoms with Gasteiger partial charge >= 0.3 is 5.97 Å². The van der Waals surface area contributed by atoms with Crippen LogP contribution in [0.5, 0.6) is 0 Å². The third-order valence-electron chi connectivity index (χ3n) is 2.78. The molecule has 1 rings (SSSR count). The Kier molecular flexibility index (Phi) is 6.54. The lowest BCUT2D eigenvalue weighted by atomic mass is 10.1. The number of hydrogen-bond acceptors (Lipinski definition) is 6. The number of ether oxygens (including phenoxy) is 1. The second kappa shape index (κ2) is 8.15. The van der Waals surface area contributed by atoms with E-state index in [1.807, 2.05) is 6.92 Å². The van der Waals surface area contributed by atoms with Gasteiger partial charge in [-0.05, 0) is 25.6 Å². The molecule has 21 heavy (non-hydrogen) atoms. The average Bonchev–Trinajstić information content (AvgIpc) is 2.47. The monoisotopic (exact) mass is 299 g/mol. The fourth-order valence-corrected chi connectivity index (χ4v) is 1.74. The maximum absolute atomic E-state index is 13.7. The van der Waals surface area contributed by atoms with E-state index >= 15 is 0 Å². The zero-order chi connectivity index (χ0) is 15.8. The lowest BCUT2D eigenvalue weighted by Gasteiger charge is -2.09. The van der Waals surface area contributed by atoms with Crippen LogP contribution in [-0.4, -0.2) is 37.6 Å². The van der Waals surface area contributed by atoms with Gasteiger partial charge in [-0.25, -0.2) is 9.18 Å². The molecule has 0 aliphatic heterocycles. The maximum atomic E-state index is 13.7. The number of nitro groups is 1. The predicted octanol–water partition coefficient (Wildman–Crippen LogP) is 1.93. The standard InChI is InChI=1S/C13H18FN3O4/c1-3-15-5-4-6-16-11-7-9(13(18)21-2)10(14)8-12(11)17(19)20/h7-8,15-16H,3-6H2,1-2H3. The summed E-state index contributed by atoms with van der Waals surface area (Å²) in [5.41, 5.74) is -0.654. The van der Waals surface area contributed by atoms with E-state index in [4.69, 9.17) is 0 Å². The summed E-state index contributed by atoms with van der Waals surface area (Å²) < 4.78 is 18.1. The molecule has 0 unspecified atom stereocenters. The van der Waals surface area contributed by atoms with Gasteiger partial charge in [0, 0.05) is 6.54 Å². The Morgan fingerprint density at radius 2 is 2.14 bits per heavy atom. The molecule has 0 saturated heterocycles. The minimum atomic E-state index is -0.980.